The number of anilines is 1. The summed E-state index contributed by atoms with van der Waals surface area (Å²) in [7, 11) is 1.33. The maximum absolute atomic E-state index is 13.4. The first-order valence-corrected chi connectivity index (χ1v) is 8.51. The summed E-state index contributed by atoms with van der Waals surface area (Å²) < 4.78 is 68.3. The maximum Gasteiger partial charge on any atom is 0.346 e. The Morgan fingerprint density at radius 2 is 2.00 bits per heavy atom. The van der Waals surface area contributed by atoms with E-state index in [0.29, 0.717) is 0 Å². The van der Waals surface area contributed by atoms with Gasteiger partial charge < -0.3 is 35.1 Å². The number of fused-ring (bicyclic) bond motifs is 1. The fraction of sp³-hybridized carbons (Fsp3) is 0.667. The van der Waals surface area contributed by atoms with Crippen LogP contribution in [0.25, 0.3) is 11.2 Å². The molecule has 1 saturated carbocycles. The lowest BCUT2D eigenvalue weighted by molar-refractivity contribution is -0.325. The number of aliphatic hydroxyl groups is 2. The Morgan fingerprint density at radius 1 is 1.28 bits per heavy atom. The van der Waals surface area contributed by atoms with E-state index in [1.807, 2.05) is 0 Å². The summed E-state index contributed by atoms with van der Waals surface area (Å²) in [6.07, 6.45) is -7.10. The number of aromatic nitrogens is 4. The van der Waals surface area contributed by atoms with Crippen molar-refractivity contribution in [2.75, 3.05) is 19.5 Å². The van der Waals surface area contributed by atoms with E-state index in [1.165, 1.54) is 7.11 Å². The zero-order chi connectivity index (χ0) is 21.1. The second kappa shape index (κ2) is 6.62. The molecule has 2 fully saturated rings. The molecule has 1 unspecified atom stereocenters. The predicted molar refractivity (Wildman–Crippen MR) is 86.5 cm³/mol. The summed E-state index contributed by atoms with van der Waals surface area (Å²) in [4.78, 5) is 14.4. The third kappa shape index (κ3) is 2.97. The fourth-order valence-electron chi connectivity index (χ4n) is 3.32. The summed E-state index contributed by atoms with van der Waals surface area (Å²) in [6.45, 7) is -0.460. The molecule has 3 heterocycles. The van der Waals surface area contributed by atoms with Crippen molar-refractivity contribution in [3.63, 3.8) is 0 Å². The number of ether oxygens (including phenoxy) is 3. The molecule has 2 aromatic rings. The van der Waals surface area contributed by atoms with Crippen LogP contribution in [0.5, 0.6) is 6.01 Å². The van der Waals surface area contributed by atoms with E-state index in [1.54, 1.807) is 0 Å². The largest absolute Gasteiger partial charge is 0.453 e. The molecule has 5 N–H and O–H groups in total. The summed E-state index contributed by atoms with van der Waals surface area (Å²) in [5.74, 6) is -8.61. The Bertz CT molecular complexity index is 928. The van der Waals surface area contributed by atoms with Gasteiger partial charge in [-0.15, -0.1) is 0 Å². The van der Waals surface area contributed by atoms with Crippen LogP contribution in [-0.4, -0.2) is 80.1 Å². The highest BCUT2D eigenvalue weighted by molar-refractivity contribution is 5.81. The number of nitrogens with zero attached hydrogens (tertiary/aromatic N) is 3. The van der Waals surface area contributed by atoms with E-state index < -0.39 is 61.4 Å². The molecular weight excluding hydrogens is 406 g/mol. The smallest absolute Gasteiger partial charge is 0.346 e. The molecule has 1 aliphatic carbocycles. The number of imidazole rings is 1. The second-order valence-electron chi connectivity index (χ2n) is 6.82. The van der Waals surface area contributed by atoms with E-state index in [2.05, 4.69) is 19.9 Å². The molecule has 160 valence electrons. The second-order valence-corrected chi connectivity index (χ2v) is 6.82. The van der Waals surface area contributed by atoms with Crippen molar-refractivity contribution in [3.05, 3.63) is 5.82 Å². The number of nitrogens with one attached hydrogen (secondary N) is 1. The highest BCUT2D eigenvalue weighted by Crippen LogP contribution is 2.52. The van der Waals surface area contributed by atoms with Crippen molar-refractivity contribution in [2.24, 2.45) is 0 Å². The highest BCUT2D eigenvalue weighted by Gasteiger charge is 2.73. The molecule has 1 saturated heterocycles. The summed E-state index contributed by atoms with van der Waals surface area (Å²) in [5, 5.41) is 19.4. The number of hydrogen-bond acceptors (Lipinski definition) is 9. The number of aliphatic hydroxyl groups excluding tert-OH is 2. The lowest BCUT2D eigenvalue weighted by atomic mass is 9.85. The molecule has 14 heteroatoms. The van der Waals surface area contributed by atoms with Crippen molar-refractivity contribution < 1.29 is 42.0 Å². The van der Waals surface area contributed by atoms with Crippen LogP contribution in [0.4, 0.5) is 23.4 Å². The molecule has 0 spiro atoms. The number of alkyl halides is 4. The Kier molecular flexibility index (Phi) is 4.56. The van der Waals surface area contributed by atoms with Crippen molar-refractivity contribution in [1.82, 2.24) is 19.9 Å². The average molecular weight is 423 g/mol. The normalized spacial score (nSPS) is 33.0. The van der Waals surface area contributed by atoms with Crippen LogP contribution >= 0.6 is 0 Å². The first-order valence-electron chi connectivity index (χ1n) is 8.51. The van der Waals surface area contributed by atoms with Crippen LogP contribution in [0.3, 0.4) is 0 Å². The molecule has 5 atom stereocenters. The Labute approximate surface area is 160 Å². The van der Waals surface area contributed by atoms with Gasteiger partial charge in [0.1, 0.15) is 35.8 Å². The molecular formula is C15H17F4N5O5. The van der Waals surface area contributed by atoms with Gasteiger partial charge in [-0.2, -0.15) is 27.5 Å². The molecule has 10 nitrogen and oxygen atoms in total. The van der Waals surface area contributed by atoms with Crippen LogP contribution in [0.2, 0.25) is 0 Å². The first-order chi connectivity index (χ1) is 13.6. The summed E-state index contributed by atoms with van der Waals surface area (Å²) in [6, 6.07) is -0.628. The molecule has 0 bridgehead atoms. The zero-order valence-corrected chi connectivity index (χ0v) is 14.9. The number of methoxy groups -OCH3 is 1. The molecule has 2 aliphatic rings. The monoisotopic (exact) mass is 423 g/mol. The number of hydrogen-bond donors (Lipinski definition) is 4. The lowest BCUT2D eigenvalue weighted by Gasteiger charge is -2.42. The Hall–Kier alpha value is -2.29. The molecule has 29 heavy (non-hydrogen) atoms. The molecule has 0 aromatic carbocycles. The molecule has 1 aliphatic heterocycles. The van der Waals surface area contributed by atoms with E-state index in [0.717, 1.165) is 0 Å². The van der Waals surface area contributed by atoms with Crippen LogP contribution < -0.4 is 10.5 Å². The number of H-pyrrole nitrogens is 1. The zero-order valence-electron chi connectivity index (χ0n) is 14.9. The maximum atomic E-state index is 13.4. The minimum atomic E-state index is -4.35. The number of halogens is 4. The minimum Gasteiger partial charge on any atom is -0.453 e. The van der Waals surface area contributed by atoms with Gasteiger partial charge in [-0.05, 0) is 0 Å². The Morgan fingerprint density at radius 3 is 2.59 bits per heavy atom. The number of nitrogen functional groups attached to an aromatic ring is 1. The molecule has 0 radical (unpaired) electrons. The topological polar surface area (TPSA) is 149 Å². The third-order valence-corrected chi connectivity index (χ3v) is 5.02. The molecule has 2 aromatic heterocycles. The SMILES string of the molecule is CO[C@@H]1[C@H](O)[C@@H](CO)O[C@@H]1c1nc2nc(OC3CC(F)(F)C3(F)F)nc(N)c2[nH]1. The average Bonchev–Trinajstić information content (AvgIpc) is 3.22. The number of rotatable bonds is 5. The van der Waals surface area contributed by atoms with Crippen molar-refractivity contribution >= 4 is 17.0 Å². The van der Waals surface area contributed by atoms with Gasteiger partial charge in [0.05, 0.1) is 13.0 Å². The summed E-state index contributed by atoms with van der Waals surface area (Å²) in [5.41, 5.74) is 5.81. The van der Waals surface area contributed by atoms with Crippen molar-refractivity contribution in [1.29, 1.82) is 0 Å². The van der Waals surface area contributed by atoms with E-state index in [9.17, 15) is 27.8 Å². The lowest BCUT2D eigenvalue weighted by Crippen LogP contribution is -2.64. The fourth-order valence-corrected chi connectivity index (χ4v) is 3.32. The Balaban J connectivity index is 1.61. The van der Waals surface area contributed by atoms with Crippen LogP contribution in [0.1, 0.15) is 18.3 Å². The van der Waals surface area contributed by atoms with E-state index >= 15 is 0 Å². The van der Waals surface area contributed by atoms with Crippen LogP contribution in [-0.2, 0) is 9.47 Å². The van der Waals surface area contributed by atoms with Gasteiger partial charge in [-0.1, -0.05) is 0 Å². The summed E-state index contributed by atoms with van der Waals surface area (Å²) >= 11 is 0. The highest BCUT2D eigenvalue weighted by atomic mass is 19.3. The van der Waals surface area contributed by atoms with Gasteiger partial charge in [0.2, 0.25) is 0 Å². The van der Waals surface area contributed by atoms with Crippen molar-refractivity contribution in [2.45, 2.75) is 48.8 Å². The first kappa shape index (κ1) is 20.0. The molecule has 4 rings (SSSR count). The van der Waals surface area contributed by atoms with Gasteiger partial charge in [-0.3, -0.25) is 0 Å². The van der Waals surface area contributed by atoms with Gasteiger partial charge in [0, 0.05) is 7.11 Å². The standard InChI is InChI=1S/C15H17F4N5O5/c1-27-8-7(26)4(3-25)28-9(8)12-21-6-10(20)22-13(24-11(6)23-12)29-5-2-14(16,17)15(5,18)19/h4-5,7-9,25-26H,2-3H2,1H3,(H3,20,21,22,23,24)/t4-,5?,7-,8-,9+/m1/s1. The van der Waals surface area contributed by atoms with Crippen LogP contribution in [0.15, 0.2) is 0 Å². The third-order valence-electron chi connectivity index (χ3n) is 5.02. The minimum absolute atomic E-state index is 0.0858. The van der Waals surface area contributed by atoms with E-state index in [4.69, 9.17) is 19.9 Å². The van der Waals surface area contributed by atoms with Crippen LogP contribution in [0, 0.1) is 0 Å². The van der Waals surface area contributed by atoms with Gasteiger partial charge in [0.15, 0.2) is 17.6 Å². The van der Waals surface area contributed by atoms with Gasteiger partial charge in [-0.25, -0.2) is 4.98 Å². The van der Waals surface area contributed by atoms with Gasteiger partial charge >= 0.3 is 17.9 Å². The number of nitrogens with two attached hydrogens (primary N) is 1. The predicted octanol–water partition coefficient (Wildman–Crippen LogP) is 0.165. The number of aromatic amines is 1. The van der Waals surface area contributed by atoms with E-state index in [-0.39, 0.29) is 22.8 Å². The van der Waals surface area contributed by atoms with Crippen molar-refractivity contribution in [3.8, 4) is 6.01 Å². The van der Waals surface area contributed by atoms with Gasteiger partial charge in [0.25, 0.3) is 0 Å². The quantitative estimate of drug-likeness (QED) is 0.494. The molecule has 0 amide bonds.